The van der Waals surface area contributed by atoms with Crippen LogP contribution in [0.15, 0.2) is 58.8 Å². The lowest BCUT2D eigenvalue weighted by atomic mass is 10.3. The summed E-state index contributed by atoms with van der Waals surface area (Å²) in [6.45, 7) is 0. The van der Waals surface area contributed by atoms with Crippen LogP contribution >= 0.6 is 45.2 Å². The summed E-state index contributed by atoms with van der Waals surface area (Å²) in [5.41, 5.74) is -0.424. The van der Waals surface area contributed by atoms with Gasteiger partial charge in [0.1, 0.15) is 12.1 Å². The van der Waals surface area contributed by atoms with E-state index in [1.54, 1.807) is 48.5 Å². The van der Waals surface area contributed by atoms with Crippen molar-refractivity contribution in [2.45, 2.75) is 0 Å². The predicted molar refractivity (Wildman–Crippen MR) is 125 cm³/mol. The molecule has 0 spiro atoms. The molecule has 0 aromatic heterocycles. The molecule has 0 fully saturated rings. The Balaban J connectivity index is 1.97. The fourth-order valence-electron chi connectivity index (χ4n) is 1.76. The van der Waals surface area contributed by atoms with Gasteiger partial charge in [-0.25, -0.2) is 9.59 Å². The zero-order chi connectivity index (χ0) is 21.9. The summed E-state index contributed by atoms with van der Waals surface area (Å²) in [4.78, 5) is 32.6. The molecule has 10 nitrogen and oxygen atoms in total. The monoisotopic (exact) mass is 628 g/mol. The standard InChI is InChI=1S/C18H10I2N6O4/c19-11-1-5-13(6-2-11)23-17(27)29-25-15(9-21)16(10-22)26-30-18(28)24-14-7-3-12(20)4-8-14/h1-8H,(H,23,27)(H,24,28)/b25-15-,26-16+. The van der Waals surface area contributed by atoms with Gasteiger partial charge in [-0.05, 0) is 93.7 Å². The Morgan fingerprint density at radius 2 is 1.07 bits per heavy atom. The first-order valence-electron chi connectivity index (χ1n) is 7.85. The van der Waals surface area contributed by atoms with Gasteiger partial charge >= 0.3 is 12.2 Å². The summed E-state index contributed by atoms with van der Waals surface area (Å²) in [5, 5.41) is 29.5. The third-order valence-corrected chi connectivity index (χ3v) is 4.50. The van der Waals surface area contributed by atoms with Crippen molar-refractivity contribution in [1.29, 1.82) is 10.5 Å². The predicted octanol–water partition coefficient (Wildman–Crippen LogP) is 4.45. The SMILES string of the molecule is N#CC(=N\OC(=O)Nc1ccc(I)cc1)/C(C#N)=N\OC(=O)Nc1ccc(I)cc1. The van der Waals surface area contributed by atoms with Gasteiger partial charge in [-0.15, -0.1) is 0 Å². The highest BCUT2D eigenvalue weighted by molar-refractivity contribution is 14.1. The number of halogens is 2. The fraction of sp³-hybridized carbons (Fsp3) is 0. The van der Waals surface area contributed by atoms with Crippen molar-refractivity contribution in [1.82, 2.24) is 0 Å². The molecule has 0 radical (unpaired) electrons. The Labute approximate surface area is 197 Å². The molecule has 0 saturated carbocycles. The molecule has 2 rings (SSSR count). The molecule has 30 heavy (non-hydrogen) atoms. The van der Waals surface area contributed by atoms with Crippen molar-refractivity contribution in [3.63, 3.8) is 0 Å². The average molecular weight is 628 g/mol. The minimum Gasteiger partial charge on any atom is -0.296 e. The van der Waals surface area contributed by atoms with Gasteiger partial charge < -0.3 is 0 Å². The molecule has 0 aliphatic heterocycles. The first-order chi connectivity index (χ1) is 14.4. The number of amides is 2. The number of anilines is 2. The maximum Gasteiger partial charge on any atom is 0.437 e. The molecule has 0 aliphatic rings. The number of hydrogen-bond donors (Lipinski definition) is 2. The number of carbonyl (C=O) groups excluding carboxylic acids is 2. The van der Waals surface area contributed by atoms with Crippen LogP contribution < -0.4 is 10.6 Å². The van der Waals surface area contributed by atoms with Crippen LogP contribution in [-0.2, 0) is 9.68 Å². The number of nitrogens with one attached hydrogen (secondary N) is 2. The van der Waals surface area contributed by atoms with Gasteiger partial charge in [0.2, 0.25) is 11.4 Å². The molecule has 2 amide bonds. The minimum absolute atomic E-state index is 0.443. The third-order valence-electron chi connectivity index (χ3n) is 3.06. The maximum absolute atomic E-state index is 11.8. The molecule has 0 unspecified atom stereocenters. The topological polar surface area (TPSA) is 149 Å². The number of carbonyl (C=O) groups is 2. The van der Waals surface area contributed by atoms with Gasteiger partial charge in [-0.3, -0.25) is 20.3 Å². The van der Waals surface area contributed by atoms with Gasteiger partial charge in [0.25, 0.3) is 0 Å². The zero-order valence-corrected chi connectivity index (χ0v) is 19.1. The number of hydrogen-bond acceptors (Lipinski definition) is 8. The van der Waals surface area contributed by atoms with Crippen molar-refractivity contribution >= 4 is 80.2 Å². The summed E-state index contributed by atoms with van der Waals surface area (Å²) in [7, 11) is 0. The van der Waals surface area contributed by atoms with E-state index in [4.69, 9.17) is 10.5 Å². The second kappa shape index (κ2) is 11.7. The molecular formula is C18H10I2N6O4. The van der Waals surface area contributed by atoms with Crippen LogP contribution in [0.1, 0.15) is 0 Å². The number of nitrogens with zero attached hydrogens (tertiary/aromatic N) is 4. The van der Waals surface area contributed by atoms with Crippen molar-refractivity contribution < 1.29 is 19.3 Å². The molecule has 150 valence electrons. The Kier molecular flexibility index (Phi) is 8.98. The lowest BCUT2D eigenvalue weighted by molar-refractivity contribution is 0.164. The van der Waals surface area contributed by atoms with Crippen LogP contribution in [0.4, 0.5) is 21.0 Å². The summed E-state index contributed by atoms with van der Waals surface area (Å²) >= 11 is 4.21. The lowest BCUT2D eigenvalue weighted by Crippen LogP contribution is -2.17. The van der Waals surface area contributed by atoms with E-state index in [1.165, 1.54) is 12.1 Å². The van der Waals surface area contributed by atoms with Crippen molar-refractivity contribution in [3.05, 3.63) is 55.7 Å². The van der Waals surface area contributed by atoms with Crippen LogP contribution in [0.5, 0.6) is 0 Å². The van der Waals surface area contributed by atoms with Crippen LogP contribution in [0.3, 0.4) is 0 Å². The molecule has 0 saturated heterocycles. The molecule has 0 aliphatic carbocycles. The molecular weight excluding hydrogens is 618 g/mol. The molecule has 2 aromatic rings. The van der Waals surface area contributed by atoms with Gasteiger partial charge in [-0.2, -0.15) is 10.5 Å². The fourth-order valence-corrected chi connectivity index (χ4v) is 2.47. The molecule has 12 heteroatoms. The number of benzene rings is 2. The Morgan fingerprint density at radius 3 is 1.37 bits per heavy atom. The van der Waals surface area contributed by atoms with E-state index in [0.29, 0.717) is 11.4 Å². The first kappa shape index (κ1) is 23.0. The van der Waals surface area contributed by atoms with E-state index in [0.717, 1.165) is 7.14 Å². The summed E-state index contributed by atoms with van der Waals surface area (Å²) in [5.74, 6) is 0. The van der Waals surface area contributed by atoms with Crippen LogP contribution in [0, 0.1) is 29.8 Å². The first-order valence-corrected chi connectivity index (χ1v) is 10.0. The second-order valence-electron chi connectivity index (χ2n) is 5.12. The van der Waals surface area contributed by atoms with Crippen LogP contribution in [0.25, 0.3) is 0 Å². The van der Waals surface area contributed by atoms with Crippen molar-refractivity contribution in [2.75, 3.05) is 10.6 Å². The van der Waals surface area contributed by atoms with E-state index >= 15 is 0 Å². The quantitative estimate of drug-likeness (QED) is 0.216. The maximum atomic E-state index is 11.8. The lowest BCUT2D eigenvalue weighted by Gasteiger charge is -2.03. The van der Waals surface area contributed by atoms with Gasteiger partial charge in [0.15, 0.2) is 0 Å². The van der Waals surface area contributed by atoms with E-state index in [-0.39, 0.29) is 0 Å². The van der Waals surface area contributed by atoms with E-state index < -0.39 is 23.6 Å². The van der Waals surface area contributed by atoms with Gasteiger partial charge in [0.05, 0.1) is 0 Å². The number of rotatable bonds is 5. The molecule has 2 aromatic carbocycles. The summed E-state index contributed by atoms with van der Waals surface area (Å²) < 4.78 is 1.94. The van der Waals surface area contributed by atoms with Gasteiger partial charge in [0, 0.05) is 18.5 Å². The van der Waals surface area contributed by atoms with E-state index in [1.807, 2.05) is 0 Å². The Morgan fingerprint density at radius 1 is 0.733 bits per heavy atom. The molecule has 0 atom stereocenters. The summed E-state index contributed by atoms with van der Waals surface area (Å²) in [6, 6.07) is 16.7. The Hall–Kier alpha value is -3.24. The van der Waals surface area contributed by atoms with Crippen molar-refractivity contribution in [2.24, 2.45) is 10.3 Å². The van der Waals surface area contributed by atoms with Crippen LogP contribution in [0.2, 0.25) is 0 Å². The molecule has 0 heterocycles. The van der Waals surface area contributed by atoms with E-state index in [2.05, 4.69) is 75.8 Å². The Bertz CT molecular complexity index is 982. The average Bonchev–Trinajstić information content (AvgIpc) is 2.73. The van der Waals surface area contributed by atoms with E-state index in [9.17, 15) is 9.59 Å². The number of oxime groups is 2. The highest BCUT2D eigenvalue weighted by Crippen LogP contribution is 2.12. The largest absolute Gasteiger partial charge is 0.437 e. The third kappa shape index (κ3) is 7.64. The second-order valence-corrected chi connectivity index (χ2v) is 7.62. The minimum atomic E-state index is -0.987. The normalized spacial score (nSPS) is 10.9. The highest BCUT2D eigenvalue weighted by Gasteiger charge is 2.14. The van der Waals surface area contributed by atoms with Crippen LogP contribution in [-0.4, -0.2) is 23.6 Å². The smallest absolute Gasteiger partial charge is 0.296 e. The summed E-state index contributed by atoms with van der Waals surface area (Å²) in [6.07, 6.45) is -1.97. The zero-order valence-electron chi connectivity index (χ0n) is 14.8. The molecule has 2 N–H and O–H groups in total. The van der Waals surface area contributed by atoms with Gasteiger partial charge in [-0.1, -0.05) is 10.3 Å². The molecule has 0 bridgehead atoms. The number of nitriles is 2. The van der Waals surface area contributed by atoms with Crippen molar-refractivity contribution in [3.8, 4) is 12.1 Å². The highest BCUT2D eigenvalue weighted by atomic mass is 127.